The van der Waals surface area contributed by atoms with Crippen molar-refractivity contribution in [2.24, 2.45) is 16.1 Å². The first-order valence-electron chi connectivity index (χ1n) is 8.77. The molecule has 0 heterocycles. The molecule has 138 valence electrons. The predicted molar refractivity (Wildman–Crippen MR) is 106 cm³/mol. The summed E-state index contributed by atoms with van der Waals surface area (Å²) < 4.78 is 0. The van der Waals surface area contributed by atoms with Crippen LogP contribution in [-0.2, 0) is 4.79 Å². The minimum absolute atomic E-state index is 0.0418. The molecule has 0 saturated heterocycles. The third-order valence-corrected chi connectivity index (χ3v) is 4.57. The minimum atomic E-state index is -0.551. The zero-order chi connectivity index (χ0) is 19.6. The number of benzene rings is 2. The van der Waals surface area contributed by atoms with E-state index in [2.05, 4.69) is 4.99 Å². The fourth-order valence-electron chi connectivity index (χ4n) is 3.34. The molecule has 2 aromatic carbocycles. The van der Waals surface area contributed by atoms with Crippen LogP contribution in [0, 0.1) is 5.41 Å². The van der Waals surface area contributed by atoms with E-state index in [4.69, 9.17) is 5.73 Å². The number of amides is 1. The van der Waals surface area contributed by atoms with E-state index in [1.807, 2.05) is 56.3 Å². The highest BCUT2D eigenvalue weighted by molar-refractivity contribution is 6.24. The molecular formula is C22H22N2O3. The Balaban J connectivity index is 1.98. The summed E-state index contributed by atoms with van der Waals surface area (Å²) in [5.41, 5.74) is 7.55. The number of aliphatic hydroxyl groups excluding tert-OH is 1. The third kappa shape index (κ3) is 3.97. The van der Waals surface area contributed by atoms with Gasteiger partial charge in [0.1, 0.15) is 11.6 Å². The fraction of sp³-hybridized carbons (Fsp3) is 0.227. The van der Waals surface area contributed by atoms with E-state index >= 15 is 0 Å². The summed E-state index contributed by atoms with van der Waals surface area (Å²) in [7, 11) is 0. The van der Waals surface area contributed by atoms with Gasteiger partial charge < -0.3 is 10.8 Å². The topological polar surface area (TPSA) is 92.8 Å². The molecule has 5 nitrogen and oxygen atoms in total. The van der Waals surface area contributed by atoms with E-state index in [9.17, 15) is 14.7 Å². The summed E-state index contributed by atoms with van der Waals surface area (Å²) in [6.45, 7) is 3.79. The van der Waals surface area contributed by atoms with Crippen LogP contribution in [0.5, 0.6) is 0 Å². The van der Waals surface area contributed by atoms with E-state index in [1.165, 1.54) is 0 Å². The van der Waals surface area contributed by atoms with Gasteiger partial charge in [0.15, 0.2) is 5.78 Å². The van der Waals surface area contributed by atoms with Crippen LogP contribution in [0.4, 0.5) is 0 Å². The fourth-order valence-corrected chi connectivity index (χ4v) is 3.34. The van der Waals surface area contributed by atoms with Gasteiger partial charge in [-0.2, -0.15) is 4.99 Å². The maximum atomic E-state index is 12.7. The molecule has 1 aliphatic rings. The Morgan fingerprint density at radius 1 is 1.04 bits per heavy atom. The summed E-state index contributed by atoms with van der Waals surface area (Å²) in [5.74, 6) is -1.19. The first kappa shape index (κ1) is 18.6. The van der Waals surface area contributed by atoms with Crippen molar-refractivity contribution in [1.82, 2.24) is 0 Å². The monoisotopic (exact) mass is 362 g/mol. The molecule has 3 rings (SSSR count). The van der Waals surface area contributed by atoms with Crippen molar-refractivity contribution < 1.29 is 14.7 Å². The van der Waals surface area contributed by atoms with Crippen LogP contribution in [0.25, 0.3) is 11.1 Å². The first-order chi connectivity index (χ1) is 12.8. The standard InChI is InChI=1S/C22H22N2O3/c1-22(2)12-17(25)19(18(26)13-22)20(23)24-21(27)16-11-7-6-10-15(16)14-8-4-3-5-9-14/h3-11,25H,12-13H2,1-2H3,(H2,23,24,27). The van der Waals surface area contributed by atoms with Crippen LogP contribution in [0.1, 0.15) is 37.0 Å². The maximum Gasteiger partial charge on any atom is 0.279 e. The molecule has 0 aliphatic heterocycles. The molecule has 2 aromatic rings. The van der Waals surface area contributed by atoms with E-state index < -0.39 is 5.91 Å². The zero-order valence-electron chi connectivity index (χ0n) is 15.4. The first-order valence-corrected chi connectivity index (χ1v) is 8.77. The van der Waals surface area contributed by atoms with Crippen LogP contribution >= 0.6 is 0 Å². The van der Waals surface area contributed by atoms with Gasteiger partial charge in [-0.15, -0.1) is 0 Å². The Bertz CT molecular complexity index is 957. The Morgan fingerprint density at radius 3 is 2.33 bits per heavy atom. The number of hydrogen-bond donors (Lipinski definition) is 2. The summed E-state index contributed by atoms with van der Waals surface area (Å²) in [4.78, 5) is 29.1. The number of aliphatic imine (C=N–C) groups is 1. The van der Waals surface area contributed by atoms with E-state index in [0.29, 0.717) is 12.0 Å². The molecule has 0 atom stereocenters. The average molecular weight is 362 g/mol. The van der Waals surface area contributed by atoms with Gasteiger partial charge >= 0.3 is 0 Å². The second-order valence-electron chi connectivity index (χ2n) is 7.48. The van der Waals surface area contributed by atoms with Crippen molar-refractivity contribution in [1.29, 1.82) is 0 Å². The molecule has 0 fully saturated rings. The van der Waals surface area contributed by atoms with Crippen LogP contribution in [0.15, 0.2) is 70.9 Å². The molecule has 0 aromatic heterocycles. The number of carbonyl (C=O) groups excluding carboxylic acids is 2. The highest BCUT2D eigenvalue weighted by atomic mass is 16.3. The summed E-state index contributed by atoms with van der Waals surface area (Å²) in [5, 5.41) is 10.2. The Hall–Kier alpha value is -3.21. The van der Waals surface area contributed by atoms with Gasteiger partial charge in [0, 0.05) is 18.4 Å². The predicted octanol–water partition coefficient (Wildman–Crippen LogP) is 4.05. The molecule has 1 amide bonds. The maximum absolute atomic E-state index is 12.7. The second-order valence-corrected chi connectivity index (χ2v) is 7.48. The van der Waals surface area contributed by atoms with Gasteiger partial charge in [0.05, 0.1) is 5.57 Å². The second kappa shape index (κ2) is 7.19. The van der Waals surface area contributed by atoms with Crippen molar-refractivity contribution in [3.05, 3.63) is 71.5 Å². The van der Waals surface area contributed by atoms with Crippen molar-refractivity contribution in [2.75, 3.05) is 0 Å². The van der Waals surface area contributed by atoms with Crippen molar-refractivity contribution in [2.45, 2.75) is 26.7 Å². The molecule has 0 unspecified atom stereocenters. The Labute approximate surface area is 158 Å². The van der Waals surface area contributed by atoms with E-state index in [-0.39, 0.29) is 34.8 Å². The Kier molecular flexibility index (Phi) is 4.95. The third-order valence-electron chi connectivity index (χ3n) is 4.57. The molecule has 3 N–H and O–H groups in total. The van der Waals surface area contributed by atoms with E-state index in [1.54, 1.807) is 12.1 Å². The van der Waals surface area contributed by atoms with Crippen molar-refractivity contribution in [3.8, 4) is 11.1 Å². The number of Topliss-reactive ketones (excluding diaryl/α,β-unsaturated/α-hetero) is 1. The molecule has 27 heavy (non-hydrogen) atoms. The van der Waals surface area contributed by atoms with Crippen LogP contribution in [0.3, 0.4) is 0 Å². The van der Waals surface area contributed by atoms with E-state index in [0.717, 1.165) is 11.1 Å². The molecule has 0 saturated carbocycles. The summed E-state index contributed by atoms with van der Waals surface area (Å²) in [6.07, 6.45) is 0.566. The Morgan fingerprint density at radius 2 is 1.67 bits per heavy atom. The molecule has 0 radical (unpaired) electrons. The van der Waals surface area contributed by atoms with Gasteiger partial charge in [0.25, 0.3) is 5.91 Å². The number of nitrogens with zero attached hydrogens (tertiary/aromatic N) is 1. The number of carbonyl (C=O) groups is 2. The number of aliphatic hydroxyl groups is 1. The minimum Gasteiger partial charge on any atom is -0.511 e. The van der Waals surface area contributed by atoms with Gasteiger partial charge in [-0.25, -0.2) is 0 Å². The molecule has 0 spiro atoms. The number of rotatable bonds is 3. The quantitative estimate of drug-likeness (QED) is 0.636. The van der Waals surface area contributed by atoms with Crippen molar-refractivity contribution >= 4 is 17.5 Å². The number of allylic oxidation sites excluding steroid dienone is 1. The molecule has 1 aliphatic carbocycles. The van der Waals surface area contributed by atoms with Gasteiger partial charge in [-0.3, -0.25) is 9.59 Å². The van der Waals surface area contributed by atoms with Gasteiger partial charge in [0.2, 0.25) is 0 Å². The van der Waals surface area contributed by atoms with Crippen LogP contribution in [0.2, 0.25) is 0 Å². The number of hydrogen-bond acceptors (Lipinski definition) is 3. The van der Waals surface area contributed by atoms with Gasteiger partial charge in [-0.05, 0) is 22.6 Å². The highest BCUT2D eigenvalue weighted by Crippen LogP contribution is 2.35. The summed E-state index contributed by atoms with van der Waals surface area (Å²) in [6, 6.07) is 16.6. The lowest BCUT2D eigenvalue weighted by Crippen LogP contribution is -2.32. The summed E-state index contributed by atoms with van der Waals surface area (Å²) >= 11 is 0. The van der Waals surface area contributed by atoms with Crippen LogP contribution < -0.4 is 5.73 Å². The number of amidine groups is 1. The SMILES string of the molecule is CC1(C)CC(=O)C(C(N)=NC(=O)c2ccccc2-c2ccccc2)=C(O)C1. The highest BCUT2D eigenvalue weighted by Gasteiger charge is 2.34. The normalized spacial score (nSPS) is 17.1. The lowest BCUT2D eigenvalue weighted by molar-refractivity contribution is -0.117. The van der Waals surface area contributed by atoms with Crippen LogP contribution in [-0.4, -0.2) is 22.6 Å². The molecule has 0 bridgehead atoms. The number of ketones is 1. The molecule has 5 heteroatoms. The van der Waals surface area contributed by atoms with Gasteiger partial charge in [-0.1, -0.05) is 62.4 Å². The smallest absolute Gasteiger partial charge is 0.279 e. The number of nitrogens with two attached hydrogens (primary N) is 1. The molecular weight excluding hydrogens is 340 g/mol. The van der Waals surface area contributed by atoms with Crippen molar-refractivity contribution in [3.63, 3.8) is 0 Å². The largest absolute Gasteiger partial charge is 0.511 e. The lowest BCUT2D eigenvalue weighted by atomic mass is 9.76. The average Bonchev–Trinajstić information content (AvgIpc) is 2.60. The lowest BCUT2D eigenvalue weighted by Gasteiger charge is -2.29. The zero-order valence-corrected chi connectivity index (χ0v) is 15.4.